The Morgan fingerprint density at radius 1 is 1.16 bits per heavy atom. The highest BCUT2D eigenvalue weighted by molar-refractivity contribution is 5.93. The molecule has 162 valence electrons. The van der Waals surface area contributed by atoms with Crippen LogP contribution in [-0.4, -0.2) is 48.5 Å². The van der Waals surface area contributed by atoms with Crippen molar-refractivity contribution < 1.29 is 19.4 Å². The number of carbonyl (C=O) groups is 1. The maximum absolute atomic E-state index is 12.8. The van der Waals surface area contributed by atoms with Gasteiger partial charge in [0.2, 0.25) is 6.29 Å². The van der Waals surface area contributed by atoms with Crippen LogP contribution in [0.3, 0.4) is 0 Å². The molecule has 2 heterocycles. The number of fused-ring (bicyclic) bond motifs is 3. The van der Waals surface area contributed by atoms with Crippen molar-refractivity contribution in [3.8, 4) is 11.1 Å². The van der Waals surface area contributed by atoms with Gasteiger partial charge >= 0.3 is 0 Å². The van der Waals surface area contributed by atoms with Crippen LogP contribution in [0.4, 0.5) is 0 Å². The van der Waals surface area contributed by atoms with Crippen molar-refractivity contribution in [1.82, 2.24) is 4.90 Å². The van der Waals surface area contributed by atoms with Crippen molar-refractivity contribution in [3.63, 3.8) is 0 Å². The van der Waals surface area contributed by atoms with Crippen LogP contribution in [0.25, 0.3) is 11.1 Å². The van der Waals surface area contributed by atoms with Crippen LogP contribution in [0, 0.1) is 5.92 Å². The Balaban J connectivity index is 1.52. The molecule has 2 aliphatic heterocycles. The number of benzene rings is 2. The molecule has 2 aromatic carbocycles. The van der Waals surface area contributed by atoms with Gasteiger partial charge in [-0.25, -0.2) is 0 Å². The van der Waals surface area contributed by atoms with E-state index in [0.29, 0.717) is 18.8 Å². The molecule has 0 unspecified atom stereocenters. The minimum Gasteiger partial charge on any atom is -0.459 e. The number of rotatable bonds is 7. The van der Waals surface area contributed by atoms with Gasteiger partial charge in [-0.3, -0.25) is 4.79 Å². The molecule has 1 fully saturated rings. The van der Waals surface area contributed by atoms with Gasteiger partial charge in [-0.1, -0.05) is 42.5 Å². The molecule has 1 amide bonds. The second kappa shape index (κ2) is 8.48. The van der Waals surface area contributed by atoms with Crippen molar-refractivity contribution in [1.29, 1.82) is 0 Å². The van der Waals surface area contributed by atoms with Gasteiger partial charge in [0.15, 0.2) is 5.76 Å². The van der Waals surface area contributed by atoms with Crippen LogP contribution in [-0.2, 0) is 20.7 Å². The maximum atomic E-state index is 12.8. The fourth-order valence-electron chi connectivity index (χ4n) is 4.92. The van der Waals surface area contributed by atoms with E-state index in [2.05, 4.69) is 42.5 Å². The summed E-state index contributed by atoms with van der Waals surface area (Å²) >= 11 is 0. The summed E-state index contributed by atoms with van der Waals surface area (Å²) in [5.74, 6) is 0.387. The number of nitrogens with zero attached hydrogens (tertiary/aromatic N) is 1. The minimum absolute atomic E-state index is 0.00441. The summed E-state index contributed by atoms with van der Waals surface area (Å²) in [6, 6.07) is 15.2. The quantitative estimate of drug-likeness (QED) is 0.591. The van der Waals surface area contributed by atoms with Crippen molar-refractivity contribution in [3.05, 3.63) is 71.0 Å². The molecule has 0 saturated carbocycles. The Kier molecular flexibility index (Phi) is 5.55. The number of hydrogen-bond donors (Lipinski definition) is 1. The first-order chi connectivity index (χ1) is 15.2. The molecule has 1 aliphatic carbocycles. The summed E-state index contributed by atoms with van der Waals surface area (Å²) in [5, 5.41) is 9.46. The first kappa shape index (κ1) is 20.3. The van der Waals surface area contributed by atoms with Gasteiger partial charge in [-0.05, 0) is 60.1 Å². The SMILES string of the molecule is CCO[C@@H]1OC(C(=O)N2CC2)=C[C@H](c2ccc3c(c2)Cc2ccccc2-3)[C@H]1CCCO. The van der Waals surface area contributed by atoms with E-state index in [1.807, 2.05) is 13.0 Å². The molecule has 0 bridgehead atoms. The highest BCUT2D eigenvalue weighted by Crippen LogP contribution is 2.43. The van der Waals surface area contributed by atoms with Crippen LogP contribution in [0.5, 0.6) is 0 Å². The number of aliphatic hydroxyl groups excluding tert-OH is 1. The molecule has 31 heavy (non-hydrogen) atoms. The Bertz CT molecular complexity index is 1010. The molecule has 5 heteroatoms. The van der Waals surface area contributed by atoms with Crippen molar-refractivity contribution in [2.45, 2.75) is 38.4 Å². The largest absolute Gasteiger partial charge is 0.459 e. The van der Waals surface area contributed by atoms with Crippen molar-refractivity contribution in [2.24, 2.45) is 5.92 Å². The van der Waals surface area contributed by atoms with E-state index in [4.69, 9.17) is 9.47 Å². The maximum Gasteiger partial charge on any atom is 0.288 e. The zero-order valence-corrected chi connectivity index (χ0v) is 17.9. The molecule has 2 aromatic rings. The van der Waals surface area contributed by atoms with Crippen LogP contribution in [0.1, 0.15) is 42.4 Å². The smallest absolute Gasteiger partial charge is 0.288 e. The average Bonchev–Trinajstić information content (AvgIpc) is 3.57. The van der Waals surface area contributed by atoms with Gasteiger partial charge in [0.1, 0.15) is 0 Å². The lowest BCUT2D eigenvalue weighted by Gasteiger charge is -2.37. The zero-order chi connectivity index (χ0) is 21.4. The van der Waals surface area contributed by atoms with E-state index in [1.54, 1.807) is 4.90 Å². The molecule has 3 aliphatic rings. The topological polar surface area (TPSA) is 58.8 Å². The van der Waals surface area contributed by atoms with E-state index in [0.717, 1.165) is 25.9 Å². The number of aliphatic hydroxyl groups is 1. The Morgan fingerprint density at radius 2 is 1.97 bits per heavy atom. The first-order valence-corrected chi connectivity index (χ1v) is 11.3. The fourth-order valence-corrected chi connectivity index (χ4v) is 4.92. The summed E-state index contributed by atoms with van der Waals surface area (Å²) in [7, 11) is 0. The van der Waals surface area contributed by atoms with Gasteiger partial charge in [0.25, 0.3) is 5.91 Å². The Morgan fingerprint density at radius 3 is 2.74 bits per heavy atom. The number of allylic oxidation sites excluding steroid dienone is 1. The van der Waals surface area contributed by atoms with Gasteiger partial charge in [0, 0.05) is 38.1 Å². The van der Waals surface area contributed by atoms with Crippen molar-refractivity contribution >= 4 is 5.91 Å². The molecule has 0 radical (unpaired) electrons. The zero-order valence-electron chi connectivity index (χ0n) is 17.9. The second-order valence-electron chi connectivity index (χ2n) is 8.57. The van der Waals surface area contributed by atoms with E-state index >= 15 is 0 Å². The molecule has 0 spiro atoms. The van der Waals surface area contributed by atoms with E-state index in [1.165, 1.54) is 27.8 Å². The highest BCUT2D eigenvalue weighted by atomic mass is 16.7. The normalized spacial score (nSPS) is 23.6. The fraction of sp³-hybridized carbons (Fsp3) is 0.423. The third kappa shape index (κ3) is 3.88. The van der Waals surface area contributed by atoms with E-state index < -0.39 is 6.29 Å². The minimum atomic E-state index is -0.490. The monoisotopic (exact) mass is 419 g/mol. The number of ether oxygens (including phenoxy) is 2. The molecular formula is C26H29NO4. The molecule has 1 N–H and O–H groups in total. The summed E-state index contributed by atoms with van der Waals surface area (Å²) in [4.78, 5) is 14.6. The molecular weight excluding hydrogens is 390 g/mol. The summed E-state index contributed by atoms with van der Waals surface area (Å²) in [6.45, 7) is 4.16. The summed E-state index contributed by atoms with van der Waals surface area (Å²) < 4.78 is 12.0. The Hall–Kier alpha value is -2.63. The number of hydrogen-bond acceptors (Lipinski definition) is 4. The third-order valence-corrected chi connectivity index (χ3v) is 6.56. The lowest BCUT2D eigenvalue weighted by molar-refractivity contribution is -0.168. The predicted molar refractivity (Wildman–Crippen MR) is 118 cm³/mol. The van der Waals surface area contributed by atoms with Crippen LogP contribution < -0.4 is 0 Å². The third-order valence-electron chi connectivity index (χ3n) is 6.56. The van der Waals surface area contributed by atoms with Crippen molar-refractivity contribution in [2.75, 3.05) is 26.3 Å². The van der Waals surface area contributed by atoms with Gasteiger partial charge in [0.05, 0.1) is 0 Å². The predicted octanol–water partition coefficient (Wildman–Crippen LogP) is 3.85. The molecule has 5 nitrogen and oxygen atoms in total. The van der Waals surface area contributed by atoms with E-state index in [9.17, 15) is 9.90 Å². The van der Waals surface area contributed by atoms with E-state index in [-0.39, 0.29) is 24.3 Å². The standard InChI is InChI=1S/C26H29NO4/c1-2-30-26-22(8-5-13-28)23(16-24(31-26)25(29)27-11-12-27)18-9-10-21-19(15-18)14-17-6-3-4-7-20(17)21/h3-4,6-7,9-10,15-16,22-23,26,28H,2,5,8,11-14H2,1H3/t22-,23-,26-/m1/s1. The molecule has 1 saturated heterocycles. The number of amides is 1. The Labute approximate surface area is 183 Å². The second-order valence-corrected chi connectivity index (χ2v) is 8.57. The molecule has 0 aromatic heterocycles. The van der Waals surface area contributed by atoms with Gasteiger partial charge < -0.3 is 19.5 Å². The van der Waals surface area contributed by atoms with Crippen LogP contribution in [0.2, 0.25) is 0 Å². The lowest BCUT2D eigenvalue weighted by atomic mass is 9.80. The summed E-state index contributed by atoms with van der Waals surface area (Å²) in [6.07, 6.45) is 3.87. The lowest BCUT2D eigenvalue weighted by Crippen LogP contribution is -2.37. The highest BCUT2D eigenvalue weighted by Gasteiger charge is 2.40. The van der Waals surface area contributed by atoms with Gasteiger partial charge in [-0.2, -0.15) is 0 Å². The van der Waals surface area contributed by atoms with Crippen LogP contribution in [0.15, 0.2) is 54.3 Å². The number of carbonyl (C=O) groups excluding carboxylic acids is 1. The van der Waals surface area contributed by atoms with Gasteiger partial charge in [-0.15, -0.1) is 0 Å². The van der Waals surface area contributed by atoms with Crippen LogP contribution >= 0.6 is 0 Å². The first-order valence-electron chi connectivity index (χ1n) is 11.3. The average molecular weight is 420 g/mol. The molecule has 5 rings (SSSR count). The summed E-state index contributed by atoms with van der Waals surface area (Å²) in [5.41, 5.74) is 6.47. The molecule has 3 atom stereocenters.